The summed E-state index contributed by atoms with van der Waals surface area (Å²) in [6.07, 6.45) is 1.44. The first-order valence-electron chi connectivity index (χ1n) is 7.21. The van der Waals surface area contributed by atoms with E-state index >= 15 is 0 Å². The topological polar surface area (TPSA) is 42.0 Å². The molecule has 0 radical (unpaired) electrons. The first-order chi connectivity index (χ1) is 10.6. The highest BCUT2D eigenvalue weighted by Crippen LogP contribution is 2.27. The minimum Gasteiger partial charge on any atom is -0.348 e. The molecule has 0 aliphatic rings. The van der Waals surface area contributed by atoms with Crippen LogP contribution in [0.1, 0.15) is 37.0 Å². The predicted octanol–water partition coefficient (Wildman–Crippen LogP) is 4.83. The number of thioether (sulfide) groups is 1. The summed E-state index contributed by atoms with van der Waals surface area (Å²) in [5.74, 6) is 0.830. The van der Waals surface area contributed by atoms with Gasteiger partial charge in [0.2, 0.25) is 5.91 Å². The van der Waals surface area contributed by atoms with E-state index in [1.54, 1.807) is 23.1 Å². The average Bonchev–Trinajstić information content (AvgIpc) is 2.98. The number of hydrogen-bond acceptors (Lipinski definition) is 4. The van der Waals surface area contributed by atoms with Gasteiger partial charge in [-0.2, -0.15) is 0 Å². The summed E-state index contributed by atoms with van der Waals surface area (Å²) in [4.78, 5) is 17.7. The molecular formula is C16H19BrN2OS2. The Labute approximate surface area is 148 Å². The average molecular weight is 399 g/mol. The quantitative estimate of drug-likeness (QED) is 0.679. The summed E-state index contributed by atoms with van der Waals surface area (Å²) in [6.45, 7) is 4.07. The maximum absolute atomic E-state index is 12.0. The lowest BCUT2D eigenvalue weighted by atomic mass is 10.2. The summed E-state index contributed by atoms with van der Waals surface area (Å²) < 4.78 is 1.07. The summed E-state index contributed by atoms with van der Waals surface area (Å²) in [5, 5.41) is 6.15. The van der Waals surface area contributed by atoms with Gasteiger partial charge in [-0.25, -0.2) is 4.98 Å². The molecule has 1 amide bonds. The van der Waals surface area contributed by atoms with E-state index in [1.165, 1.54) is 0 Å². The normalized spacial score (nSPS) is 12.1. The van der Waals surface area contributed by atoms with Crippen molar-refractivity contribution in [3.63, 3.8) is 0 Å². The van der Waals surface area contributed by atoms with E-state index < -0.39 is 0 Å². The fourth-order valence-electron chi connectivity index (χ4n) is 1.89. The summed E-state index contributed by atoms with van der Waals surface area (Å²) >= 11 is 6.85. The van der Waals surface area contributed by atoms with E-state index in [1.807, 2.05) is 30.5 Å². The molecule has 118 valence electrons. The minimum atomic E-state index is -0.0301. The molecule has 1 aromatic heterocycles. The Morgan fingerprint density at radius 1 is 1.45 bits per heavy atom. The van der Waals surface area contributed by atoms with Crippen LogP contribution in [0.2, 0.25) is 0 Å². The van der Waals surface area contributed by atoms with Crippen molar-refractivity contribution in [3.8, 4) is 0 Å². The zero-order valence-electron chi connectivity index (χ0n) is 12.6. The van der Waals surface area contributed by atoms with Crippen LogP contribution in [0.5, 0.6) is 0 Å². The van der Waals surface area contributed by atoms with Crippen molar-refractivity contribution in [1.29, 1.82) is 0 Å². The Kier molecular flexibility index (Phi) is 6.92. The third-order valence-corrected chi connectivity index (χ3v) is 6.16. The van der Waals surface area contributed by atoms with Crippen molar-refractivity contribution < 1.29 is 4.79 Å². The van der Waals surface area contributed by atoms with Crippen LogP contribution in [-0.2, 0) is 11.2 Å². The molecule has 1 aromatic carbocycles. The van der Waals surface area contributed by atoms with Gasteiger partial charge < -0.3 is 5.32 Å². The lowest BCUT2D eigenvalue weighted by molar-refractivity contribution is -0.121. The van der Waals surface area contributed by atoms with E-state index in [-0.39, 0.29) is 11.9 Å². The standard InChI is InChI=1S/C16H19BrN2OS2/c1-3-16-19-13(10-22-16)11(2)18-15(20)8-9-21-14-7-5-4-6-12(14)17/h4-7,10-11H,3,8-9H2,1-2H3,(H,18,20). The number of thiazole rings is 1. The van der Waals surface area contributed by atoms with E-state index in [4.69, 9.17) is 0 Å². The van der Waals surface area contributed by atoms with Gasteiger partial charge in [-0.3, -0.25) is 4.79 Å². The molecule has 1 unspecified atom stereocenters. The second-order valence-electron chi connectivity index (χ2n) is 4.84. The van der Waals surface area contributed by atoms with Crippen LogP contribution in [-0.4, -0.2) is 16.6 Å². The number of amides is 1. The number of halogens is 1. The summed E-state index contributed by atoms with van der Waals surface area (Å²) in [6, 6.07) is 8.02. The zero-order chi connectivity index (χ0) is 15.9. The van der Waals surface area contributed by atoms with Crippen LogP contribution >= 0.6 is 39.0 Å². The van der Waals surface area contributed by atoms with E-state index in [0.717, 1.165) is 32.2 Å². The van der Waals surface area contributed by atoms with E-state index in [0.29, 0.717) is 6.42 Å². The molecule has 3 nitrogen and oxygen atoms in total. The van der Waals surface area contributed by atoms with Gasteiger partial charge in [0.15, 0.2) is 0 Å². The lowest BCUT2D eigenvalue weighted by Crippen LogP contribution is -2.27. The molecule has 0 aliphatic heterocycles. The van der Waals surface area contributed by atoms with Crippen LogP contribution in [0.3, 0.4) is 0 Å². The number of carbonyl (C=O) groups excluding carboxylic acids is 1. The van der Waals surface area contributed by atoms with Gasteiger partial charge in [0.1, 0.15) is 0 Å². The molecule has 2 aromatic rings. The first kappa shape index (κ1) is 17.5. The fraction of sp³-hybridized carbons (Fsp3) is 0.375. The Morgan fingerprint density at radius 3 is 2.91 bits per heavy atom. The molecular weight excluding hydrogens is 380 g/mol. The van der Waals surface area contributed by atoms with Crippen LogP contribution in [0.25, 0.3) is 0 Å². The number of carbonyl (C=O) groups is 1. The second-order valence-corrected chi connectivity index (χ2v) is 7.77. The number of aryl methyl sites for hydroxylation is 1. The van der Waals surface area contributed by atoms with Crippen LogP contribution in [0.4, 0.5) is 0 Å². The molecule has 0 aliphatic carbocycles. The minimum absolute atomic E-state index is 0.0301. The van der Waals surface area contributed by atoms with Crippen molar-refractivity contribution in [3.05, 3.63) is 44.8 Å². The Bertz CT molecular complexity index is 630. The molecule has 6 heteroatoms. The molecule has 0 fully saturated rings. The lowest BCUT2D eigenvalue weighted by Gasteiger charge is -2.11. The number of nitrogens with one attached hydrogen (secondary N) is 1. The molecule has 0 bridgehead atoms. The summed E-state index contributed by atoms with van der Waals surface area (Å²) in [7, 11) is 0. The van der Waals surface area contributed by atoms with Crippen molar-refractivity contribution in [2.45, 2.75) is 37.6 Å². The molecule has 2 rings (SSSR count). The maximum atomic E-state index is 12.0. The Morgan fingerprint density at radius 2 is 2.23 bits per heavy atom. The van der Waals surface area contributed by atoms with Gasteiger partial charge >= 0.3 is 0 Å². The van der Waals surface area contributed by atoms with Crippen LogP contribution < -0.4 is 5.32 Å². The smallest absolute Gasteiger partial charge is 0.221 e. The highest BCUT2D eigenvalue weighted by atomic mass is 79.9. The first-order valence-corrected chi connectivity index (χ1v) is 9.87. The van der Waals surface area contributed by atoms with E-state index in [2.05, 4.69) is 39.2 Å². The number of aromatic nitrogens is 1. The van der Waals surface area contributed by atoms with Gasteiger partial charge in [-0.05, 0) is 41.4 Å². The Balaban J connectivity index is 1.77. The third kappa shape index (κ3) is 5.11. The monoisotopic (exact) mass is 398 g/mol. The van der Waals surface area contributed by atoms with Gasteiger partial charge in [0, 0.05) is 26.9 Å². The molecule has 1 heterocycles. The van der Waals surface area contributed by atoms with Gasteiger partial charge in [-0.1, -0.05) is 19.1 Å². The largest absolute Gasteiger partial charge is 0.348 e. The van der Waals surface area contributed by atoms with Gasteiger partial charge in [0.05, 0.1) is 16.7 Å². The molecule has 0 saturated carbocycles. The predicted molar refractivity (Wildman–Crippen MR) is 97.5 cm³/mol. The van der Waals surface area contributed by atoms with Crippen molar-refractivity contribution >= 4 is 44.9 Å². The highest BCUT2D eigenvalue weighted by molar-refractivity contribution is 9.10. The number of nitrogens with zero attached hydrogens (tertiary/aromatic N) is 1. The molecule has 0 saturated heterocycles. The number of rotatable bonds is 7. The summed E-state index contributed by atoms with van der Waals surface area (Å²) in [5.41, 5.74) is 0.952. The van der Waals surface area contributed by atoms with Gasteiger partial charge in [-0.15, -0.1) is 23.1 Å². The molecule has 22 heavy (non-hydrogen) atoms. The van der Waals surface area contributed by atoms with Crippen LogP contribution in [0.15, 0.2) is 39.0 Å². The highest BCUT2D eigenvalue weighted by Gasteiger charge is 2.12. The van der Waals surface area contributed by atoms with Gasteiger partial charge in [0.25, 0.3) is 0 Å². The fourth-order valence-corrected chi connectivity index (χ4v) is 4.24. The zero-order valence-corrected chi connectivity index (χ0v) is 15.9. The molecule has 0 spiro atoms. The Hall–Kier alpha value is -0.850. The maximum Gasteiger partial charge on any atom is 0.221 e. The number of hydrogen-bond donors (Lipinski definition) is 1. The van der Waals surface area contributed by atoms with Crippen molar-refractivity contribution in [2.24, 2.45) is 0 Å². The van der Waals surface area contributed by atoms with Crippen LogP contribution in [0, 0.1) is 0 Å². The SMILES string of the molecule is CCc1nc(C(C)NC(=O)CCSc2ccccc2Br)cs1. The molecule has 1 N–H and O–H groups in total. The van der Waals surface area contributed by atoms with E-state index in [9.17, 15) is 4.79 Å². The van der Waals surface area contributed by atoms with Crippen molar-refractivity contribution in [1.82, 2.24) is 10.3 Å². The van der Waals surface area contributed by atoms with Crippen molar-refractivity contribution in [2.75, 3.05) is 5.75 Å². The third-order valence-electron chi connectivity index (χ3n) is 3.12. The number of benzene rings is 1. The second kappa shape index (κ2) is 8.70. The molecule has 1 atom stereocenters.